The summed E-state index contributed by atoms with van der Waals surface area (Å²) in [6, 6.07) is 8.30. The Kier molecular flexibility index (Phi) is 5.75. The minimum Gasteiger partial charge on any atom is -0.458 e. The highest BCUT2D eigenvalue weighted by molar-refractivity contribution is 8.01. The van der Waals surface area contributed by atoms with E-state index in [2.05, 4.69) is 15.0 Å². The number of nitrogens with zero attached hydrogens (tertiary/aromatic N) is 4. The van der Waals surface area contributed by atoms with Gasteiger partial charge in [0.05, 0.1) is 39.9 Å². The van der Waals surface area contributed by atoms with Crippen molar-refractivity contribution < 1.29 is 9.53 Å². The van der Waals surface area contributed by atoms with Crippen molar-refractivity contribution in [3.63, 3.8) is 0 Å². The topological polar surface area (TPSA) is 68.2 Å². The van der Waals surface area contributed by atoms with E-state index in [1.807, 2.05) is 29.2 Å². The number of piperidine rings is 1. The van der Waals surface area contributed by atoms with E-state index in [9.17, 15) is 4.79 Å². The summed E-state index contributed by atoms with van der Waals surface area (Å²) in [6.45, 7) is 1.30. The number of rotatable bonds is 5. The number of thioether (sulfide) groups is 1. The molecule has 1 fully saturated rings. The van der Waals surface area contributed by atoms with Gasteiger partial charge in [-0.15, -0.1) is 11.3 Å². The van der Waals surface area contributed by atoms with Crippen LogP contribution in [0, 0.1) is 0 Å². The Hall–Kier alpha value is -1.90. The lowest BCUT2D eigenvalue weighted by Gasteiger charge is -2.32. The summed E-state index contributed by atoms with van der Waals surface area (Å²) in [5, 5.41) is 0.467. The molecule has 4 rings (SSSR count). The Labute approximate surface area is 169 Å². The fraction of sp³-hybridized carbons (Fsp3) is 0.333. The summed E-state index contributed by atoms with van der Waals surface area (Å²) >= 11 is 8.90. The van der Waals surface area contributed by atoms with Crippen LogP contribution in [0.1, 0.15) is 12.8 Å². The standard InChI is InChI=1S/C18H17ClN4O2S2/c19-12-8-20-17(21-9-12)25-13-4-3-7-23(10-13)16(24)11-26-18-22-14-5-1-2-6-15(14)27-18/h1-2,5-6,8-9,13H,3-4,7,10-11H2/t13-/m0/s1. The molecule has 140 valence electrons. The van der Waals surface area contributed by atoms with Crippen molar-refractivity contribution in [1.29, 1.82) is 0 Å². The molecule has 0 unspecified atom stereocenters. The Morgan fingerprint density at radius 2 is 2.15 bits per heavy atom. The van der Waals surface area contributed by atoms with Crippen molar-refractivity contribution in [3.05, 3.63) is 41.7 Å². The van der Waals surface area contributed by atoms with Gasteiger partial charge in [-0.1, -0.05) is 35.5 Å². The maximum absolute atomic E-state index is 12.6. The van der Waals surface area contributed by atoms with Crippen LogP contribution in [0.3, 0.4) is 0 Å². The normalized spacial score (nSPS) is 17.2. The van der Waals surface area contributed by atoms with Gasteiger partial charge in [0.15, 0.2) is 4.34 Å². The second-order valence-corrected chi connectivity index (χ2v) is 8.83. The first-order chi connectivity index (χ1) is 13.2. The Morgan fingerprint density at radius 3 is 2.96 bits per heavy atom. The van der Waals surface area contributed by atoms with Crippen molar-refractivity contribution in [2.24, 2.45) is 0 Å². The number of likely N-dealkylation sites (tertiary alicyclic amines) is 1. The zero-order valence-electron chi connectivity index (χ0n) is 14.4. The number of halogens is 1. The lowest BCUT2D eigenvalue weighted by atomic mass is 10.1. The van der Waals surface area contributed by atoms with Gasteiger partial charge in [-0.3, -0.25) is 4.79 Å². The number of para-hydroxylation sites is 1. The lowest BCUT2D eigenvalue weighted by molar-refractivity contribution is -0.131. The van der Waals surface area contributed by atoms with Crippen molar-refractivity contribution in [1.82, 2.24) is 19.9 Å². The first-order valence-corrected chi connectivity index (χ1v) is 10.8. The third-order valence-corrected chi connectivity index (χ3v) is 6.55. The van der Waals surface area contributed by atoms with Crippen LogP contribution < -0.4 is 4.74 Å². The van der Waals surface area contributed by atoms with Crippen LogP contribution in [0.4, 0.5) is 0 Å². The first kappa shape index (κ1) is 18.5. The van der Waals surface area contributed by atoms with Gasteiger partial charge in [0, 0.05) is 6.54 Å². The van der Waals surface area contributed by atoms with Gasteiger partial charge in [-0.2, -0.15) is 0 Å². The zero-order valence-corrected chi connectivity index (χ0v) is 16.8. The molecule has 1 saturated heterocycles. The second-order valence-electron chi connectivity index (χ2n) is 6.14. The molecule has 0 saturated carbocycles. The van der Waals surface area contributed by atoms with E-state index in [1.54, 1.807) is 11.3 Å². The van der Waals surface area contributed by atoms with Crippen LogP contribution >= 0.6 is 34.7 Å². The molecular weight excluding hydrogens is 404 g/mol. The molecule has 0 aliphatic carbocycles. The summed E-state index contributed by atoms with van der Waals surface area (Å²) in [4.78, 5) is 27.1. The zero-order chi connectivity index (χ0) is 18.6. The van der Waals surface area contributed by atoms with Gasteiger partial charge >= 0.3 is 6.01 Å². The highest BCUT2D eigenvalue weighted by Crippen LogP contribution is 2.29. The van der Waals surface area contributed by atoms with Gasteiger partial charge in [-0.05, 0) is 25.0 Å². The molecule has 0 bridgehead atoms. The van der Waals surface area contributed by atoms with E-state index in [-0.39, 0.29) is 12.0 Å². The number of thiazole rings is 1. The molecule has 9 heteroatoms. The number of ether oxygens (including phenoxy) is 1. The third-order valence-electron chi connectivity index (χ3n) is 4.19. The number of carbonyl (C=O) groups is 1. The first-order valence-electron chi connectivity index (χ1n) is 8.58. The Morgan fingerprint density at radius 1 is 1.33 bits per heavy atom. The highest BCUT2D eigenvalue weighted by Gasteiger charge is 2.25. The molecular formula is C18H17ClN4O2S2. The van der Waals surface area contributed by atoms with E-state index in [0.29, 0.717) is 23.3 Å². The molecule has 1 aromatic carbocycles. The summed E-state index contributed by atoms with van der Waals surface area (Å²) < 4.78 is 7.86. The summed E-state index contributed by atoms with van der Waals surface area (Å²) in [6.07, 6.45) is 4.68. The Balaban J connectivity index is 1.32. The number of hydrogen-bond acceptors (Lipinski definition) is 7. The summed E-state index contributed by atoms with van der Waals surface area (Å²) in [5.74, 6) is 0.480. The van der Waals surface area contributed by atoms with Crippen LogP contribution in [-0.2, 0) is 4.79 Å². The quantitative estimate of drug-likeness (QED) is 0.583. The average Bonchev–Trinajstić information content (AvgIpc) is 3.11. The van der Waals surface area contributed by atoms with Gasteiger partial charge in [0.1, 0.15) is 6.10 Å². The predicted octanol–water partition coefficient (Wildman–Crippen LogP) is 3.90. The van der Waals surface area contributed by atoms with Gasteiger partial charge in [0.25, 0.3) is 0 Å². The molecule has 2 aromatic heterocycles. The van der Waals surface area contributed by atoms with E-state index in [1.165, 1.54) is 24.2 Å². The maximum Gasteiger partial charge on any atom is 0.316 e. The largest absolute Gasteiger partial charge is 0.458 e. The molecule has 0 spiro atoms. The van der Waals surface area contributed by atoms with Crippen LogP contribution in [0.2, 0.25) is 5.02 Å². The number of fused-ring (bicyclic) bond motifs is 1. The predicted molar refractivity (Wildman–Crippen MR) is 108 cm³/mol. The van der Waals surface area contributed by atoms with Gasteiger partial charge < -0.3 is 9.64 Å². The second kappa shape index (κ2) is 8.41. The molecule has 1 aliphatic rings. The Bertz CT molecular complexity index is 902. The van der Waals surface area contributed by atoms with E-state index >= 15 is 0 Å². The molecule has 0 radical (unpaired) electrons. The minimum atomic E-state index is -0.101. The lowest BCUT2D eigenvalue weighted by Crippen LogP contribution is -2.45. The fourth-order valence-electron chi connectivity index (χ4n) is 2.90. The molecule has 3 heterocycles. The monoisotopic (exact) mass is 420 g/mol. The van der Waals surface area contributed by atoms with Gasteiger partial charge in [-0.25, -0.2) is 15.0 Å². The minimum absolute atomic E-state index is 0.101. The molecule has 27 heavy (non-hydrogen) atoms. The average molecular weight is 421 g/mol. The fourth-order valence-corrected chi connectivity index (χ4v) is 4.97. The van der Waals surface area contributed by atoms with E-state index in [0.717, 1.165) is 33.9 Å². The number of benzene rings is 1. The van der Waals surface area contributed by atoms with Gasteiger partial charge in [0.2, 0.25) is 5.91 Å². The van der Waals surface area contributed by atoms with Crippen molar-refractivity contribution in [2.75, 3.05) is 18.8 Å². The van der Waals surface area contributed by atoms with Crippen molar-refractivity contribution in [3.8, 4) is 6.01 Å². The molecule has 3 aromatic rings. The molecule has 1 aliphatic heterocycles. The van der Waals surface area contributed by atoms with Crippen molar-refractivity contribution in [2.45, 2.75) is 23.3 Å². The maximum atomic E-state index is 12.6. The van der Waals surface area contributed by atoms with E-state index < -0.39 is 0 Å². The van der Waals surface area contributed by atoms with Crippen LogP contribution in [0.25, 0.3) is 10.2 Å². The number of carbonyl (C=O) groups excluding carboxylic acids is 1. The summed E-state index contributed by atoms with van der Waals surface area (Å²) in [5.41, 5.74) is 0.979. The molecule has 6 nitrogen and oxygen atoms in total. The molecule has 1 atom stereocenters. The van der Waals surface area contributed by atoms with Crippen LogP contribution in [0.5, 0.6) is 6.01 Å². The van der Waals surface area contributed by atoms with Crippen molar-refractivity contribution >= 4 is 50.8 Å². The third kappa shape index (κ3) is 4.69. The SMILES string of the molecule is O=C(CSc1nc2ccccc2s1)N1CCC[C@H](Oc2ncc(Cl)cn2)C1. The number of aromatic nitrogens is 3. The molecule has 0 N–H and O–H groups in total. The highest BCUT2D eigenvalue weighted by atomic mass is 35.5. The van der Waals surface area contributed by atoms with Crippen LogP contribution in [-0.4, -0.2) is 50.7 Å². The number of hydrogen-bond donors (Lipinski definition) is 0. The smallest absolute Gasteiger partial charge is 0.316 e. The van der Waals surface area contributed by atoms with Crippen LogP contribution in [0.15, 0.2) is 41.0 Å². The molecule has 1 amide bonds. The summed E-state index contributed by atoms with van der Waals surface area (Å²) in [7, 11) is 0. The number of amides is 1. The van der Waals surface area contributed by atoms with E-state index in [4.69, 9.17) is 16.3 Å².